The lowest BCUT2D eigenvalue weighted by atomic mass is 9.94. The number of methoxy groups -OCH3 is 1. The van der Waals surface area contributed by atoms with E-state index in [1.165, 1.54) is 4.90 Å². The van der Waals surface area contributed by atoms with Crippen LogP contribution in [0.2, 0.25) is 0 Å². The van der Waals surface area contributed by atoms with Crippen LogP contribution in [-0.4, -0.2) is 73.1 Å². The molecule has 1 aliphatic rings. The number of benzene rings is 2. The third kappa shape index (κ3) is 5.65. The summed E-state index contributed by atoms with van der Waals surface area (Å²) in [5, 5.41) is 11.5. The predicted molar refractivity (Wildman–Crippen MR) is 139 cm³/mol. The van der Waals surface area contributed by atoms with E-state index in [2.05, 4.69) is 18.7 Å². The largest absolute Gasteiger partial charge is 0.507 e. The zero-order valence-electron chi connectivity index (χ0n) is 21.7. The van der Waals surface area contributed by atoms with Crippen molar-refractivity contribution >= 4 is 17.4 Å². The molecule has 3 rings (SSSR count). The summed E-state index contributed by atoms with van der Waals surface area (Å²) in [6.45, 7) is 11.2. The third-order valence-electron chi connectivity index (χ3n) is 6.32. The van der Waals surface area contributed by atoms with Crippen molar-refractivity contribution in [2.45, 2.75) is 33.7 Å². The van der Waals surface area contributed by atoms with Crippen LogP contribution in [0.3, 0.4) is 0 Å². The number of likely N-dealkylation sites (tertiary alicyclic amines) is 1. The molecule has 2 aromatic rings. The van der Waals surface area contributed by atoms with Gasteiger partial charge in [-0.15, -0.1) is 0 Å². The molecule has 0 aromatic heterocycles. The molecule has 194 valence electrons. The van der Waals surface area contributed by atoms with E-state index in [0.717, 1.165) is 13.1 Å². The fourth-order valence-electron chi connectivity index (χ4n) is 4.43. The smallest absolute Gasteiger partial charge is 0.295 e. The Hall–Kier alpha value is -3.52. The van der Waals surface area contributed by atoms with E-state index in [9.17, 15) is 14.7 Å². The predicted octanol–water partition coefficient (Wildman–Crippen LogP) is 4.26. The molecule has 8 heteroatoms. The van der Waals surface area contributed by atoms with Crippen molar-refractivity contribution in [2.75, 3.05) is 46.5 Å². The van der Waals surface area contributed by atoms with E-state index in [4.69, 9.17) is 14.2 Å². The highest BCUT2D eigenvalue weighted by atomic mass is 16.5. The average Bonchev–Trinajstić information content (AvgIpc) is 3.14. The molecule has 0 spiro atoms. The van der Waals surface area contributed by atoms with Gasteiger partial charge < -0.3 is 29.1 Å². The van der Waals surface area contributed by atoms with Gasteiger partial charge in [-0.25, -0.2) is 0 Å². The van der Waals surface area contributed by atoms with Crippen molar-refractivity contribution in [2.24, 2.45) is 0 Å². The minimum absolute atomic E-state index is 0.0258. The highest BCUT2D eigenvalue weighted by Crippen LogP contribution is 2.42. The Morgan fingerprint density at radius 3 is 2.33 bits per heavy atom. The second-order valence-electron chi connectivity index (χ2n) is 8.32. The summed E-state index contributed by atoms with van der Waals surface area (Å²) >= 11 is 0. The molecular formula is C28H36N2O6. The van der Waals surface area contributed by atoms with Gasteiger partial charge in [0.2, 0.25) is 0 Å². The summed E-state index contributed by atoms with van der Waals surface area (Å²) in [7, 11) is 1.56. The fourth-order valence-corrected chi connectivity index (χ4v) is 4.43. The van der Waals surface area contributed by atoms with E-state index in [1.807, 2.05) is 19.9 Å². The molecule has 36 heavy (non-hydrogen) atoms. The minimum Gasteiger partial charge on any atom is -0.507 e. The summed E-state index contributed by atoms with van der Waals surface area (Å²) in [5.41, 5.74) is 1.03. The first-order chi connectivity index (χ1) is 17.4. The Labute approximate surface area is 213 Å². The third-order valence-corrected chi connectivity index (χ3v) is 6.32. The number of carbonyl (C=O) groups is 2. The van der Waals surface area contributed by atoms with Gasteiger partial charge in [0.15, 0.2) is 0 Å². The number of ether oxygens (including phenoxy) is 3. The maximum Gasteiger partial charge on any atom is 0.295 e. The lowest BCUT2D eigenvalue weighted by Crippen LogP contribution is -2.38. The van der Waals surface area contributed by atoms with Crippen LogP contribution in [0, 0.1) is 0 Å². The first-order valence-corrected chi connectivity index (χ1v) is 12.4. The Morgan fingerprint density at radius 1 is 0.972 bits per heavy atom. The van der Waals surface area contributed by atoms with Crippen LogP contribution in [-0.2, 0) is 9.59 Å². The van der Waals surface area contributed by atoms with Crippen molar-refractivity contribution in [3.05, 3.63) is 59.2 Å². The van der Waals surface area contributed by atoms with E-state index in [0.29, 0.717) is 54.7 Å². The van der Waals surface area contributed by atoms with Gasteiger partial charge in [0, 0.05) is 19.2 Å². The molecule has 1 aliphatic heterocycles. The van der Waals surface area contributed by atoms with Crippen LogP contribution in [0.15, 0.2) is 48.0 Å². The summed E-state index contributed by atoms with van der Waals surface area (Å²) in [6, 6.07) is 11.5. The maximum absolute atomic E-state index is 13.4. The topological polar surface area (TPSA) is 88.5 Å². The number of amides is 1. The Morgan fingerprint density at radius 2 is 1.69 bits per heavy atom. The number of nitrogens with zero attached hydrogens (tertiary/aromatic N) is 2. The zero-order chi connectivity index (χ0) is 26.2. The monoisotopic (exact) mass is 496 g/mol. The molecule has 1 atom stereocenters. The number of hydrogen-bond acceptors (Lipinski definition) is 7. The second-order valence-corrected chi connectivity index (χ2v) is 8.32. The number of rotatable bonds is 12. The lowest BCUT2D eigenvalue weighted by molar-refractivity contribution is -0.140. The van der Waals surface area contributed by atoms with Gasteiger partial charge in [-0.2, -0.15) is 0 Å². The number of aliphatic hydroxyl groups is 1. The van der Waals surface area contributed by atoms with Gasteiger partial charge in [-0.3, -0.25) is 9.59 Å². The number of Topliss-reactive ketones (excluding diaryl/α,β-unsaturated/α-hetero) is 1. The van der Waals surface area contributed by atoms with Crippen LogP contribution in [0.5, 0.6) is 17.2 Å². The Bertz CT molecular complexity index is 1110. The molecule has 1 amide bonds. The van der Waals surface area contributed by atoms with Crippen molar-refractivity contribution in [3.8, 4) is 17.2 Å². The van der Waals surface area contributed by atoms with Gasteiger partial charge in [0.05, 0.1) is 37.5 Å². The van der Waals surface area contributed by atoms with Gasteiger partial charge >= 0.3 is 0 Å². The Balaban J connectivity index is 2.17. The number of likely N-dealkylation sites (N-methyl/N-ethyl adjacent to an activating group) is 1. The van der Waals surface area contributed by atoms with Crippen LogP contribution >= 0.6 is 0 Å². The molecule has 0 bridgehead atoms. The van der Waals surface area contributed by atoms with Crippen LogP contribution < -0.4 is 14.2 Å². The first kappa shape index (κ1) is 27.1. The average molecular weight is 497 g/mol. The molecule has 1 heterocycles. The maximum atomic E-state index is 13.4. The van der Waals surface area contributed by atoms with Crippen LogP contribution in [0.1, 0.15) is 44.9 Å². The molecule has 0 saturated carbocycles. The zero-order valence-corrected chi connectivity index (χ0v) is 21.7. The molecule has 1 unspecified atom stereocenters. The first-order valence-electron chi connectivity index (χ1n) is 12.4. The highest BCUT2D eigenvalue weighted by molar-refractivity contribution is 6.46. The summed E-state index contributed by atoms with van der Waals surface area (Å²) in [6.07, 6.45) is 0. The van der Waals surface area contributed by atoms with Crippen molar-refractivity contribution in [1.82, 2.24) is 9.80 Å². The summed E-state index contributed by atoms with van der Waals surface area (Å²) in [4.78, 5) is 30.4. The second kappa shape index (κ2) is 12.4. The SMILES string of the molecule is CCOc1ccc(/C(O)=C2/C(=O)C(=O)N(CCN(CC)CC)C2c2cccc(OC)c2)c(OCC)c1. The van der Waals surface area contributed by atoms with Gasteiger partial charge in [0.1, 0.15) is 23.0 Å². The molecule has 8 nitrogen and oxygen atoms in total. The van der Waals surface area contributed by atoms with Gasteiger partial charge in [-0.1, -0.05) is 26.0 Å². The van der Waals surface area contributed by atoms with Crippen molar-refractivity contribution in [3.63, 3.8) is 0 Å². The van der Waals surface area contributed by atoms with Crippen molar-refractivity contribution in [1.29, 1.82) is 0 Å². The number of ketones is 1. The molecule has 1 saturated heterocycles. The molecule has 0 radical (unpaired) electrons. The van der Waals surface area contributed by atoms with Crippen molar-refractivity contribution < 1.29 is 28.9 Å². The van der Waals surface area contributed by atoms with E-state index < -0.39 is 17.7 Å². The van der Waals surface area contributed by atoms with Gasteiger partial charge in [-0.05, 0) is 56.8 Å². The molecule has 0 aliphatic carbocycles. The quantitative estimate of drug-likeness (QED) is 0.267. The van der Waals surface area contributed by atoms with Gasteiger partial charge in [0.25, 0.3) is 11.7 Å². The summed E-state index contributed by atoms with van der Waals surface area (Å²) < 4.78 is 16.7. The molecule has 1 N–H and O–H groups in total. The van der Waals surface area contributed by atoms with E-state index >= 15 is 0 Å². The fraction of sp³-hybridized carbons (Fsp3) is 0.429. The minimum atomic E-state index is -0.767. The summed E-state index contributed by atoms with van der Waals surface area (Å²) in [5.74, 6) is -0.0891. The Kier molecular flexibility index (Phi) is 9.36. The number of hydrogen-bond donors (Lipinski definition) is 1. The lowest BCUT2D eigenvalue weighted by Gasteiger charge is -2.28. The molecule has 1 fully saturated rings. The van der Waals surface area contributed by atoms with Crippen LogP contribution in [0.4, 0.5) is 0 Å². The van der Waals surface area contributed by atoms with E-state index in [-0.39, 0.29) is 11.3 Å². The standard InChI is InChI=1S/C28H36N2O6/c1-6-29(7-2)15-16-30-25(19-11-10-12-20(17-19)34-5)24(27(32)28(30)33)26(31)22-14-13-21(35-8-3)18-23(22)36-9-4/h10-14,17-18,25,31H,6-9,15-16H2,1-5H3/b26-24-. The number of carbonyl (C=O) groups excluding carboxylic acids is 2. The number of aliphatic hydroxyl groups excluding tert-OH is 1. The van der Waals surface area contributed by atoms with Crippen LogP contribution in [0.25, 0.3) is 5.76 Å². The normalized spacial score (nSPS) is 17.1. The molecule has 2 aromatic carbocycles. The highest BCUT2D eigenvalue weighted by Gasteiger charge is 2.46. The van der Waals surface area contributed by atoms with E-state index in [1.54, 1.807) is 43.5 Å². The molecular weight excluding hydrogens is 460 g/mol.